The highest BCUT2D eigenvalue weighted by atomic mass is 16.6. The van der Waals surface area contributed by atoms with Crippen LogP contribution in [0.25, 0.3) is 0 Å². The van der Waals surface area contributed by atoms with E-state index in [1.165, 1.54) is 15.2 Å². The van der Waals surface area contributed by atoms with Crippen molar-refractivity contribution in [3.63, 3.8) is 0 Å². The normalized spacial score (nSPS) is 28.3. The number of nitrogens with zero attached hydrogens (tertiary/aromatic N) is 3. The average molecular weight is 600 g/mol. The maximum absolute atomic E-state index is 13.6. The van der Waals surface area contributed by atoms with Gasteiger partial charge in [0.05, 0.1) is 6.42 Å². The maximum atomic E-state index is 13.6. The van der Waals surface area contributed by atoms with Gasteiger partial charge in [0.1, 0.15) is 18.3 Å². The molecule has 242 valence electrons. The number of hydrogen-bond acceptors (Lipinski definition) is 12. The minimum Gasteiger partial charge on any atom is -0.462 e. The number of ether oxygens (including phenoxy) is 3. The quantitative estimate of drug-likeness (QED) is 0.220. The van der Waals surface area contributed by atoms with E-state index in [-0.39, 0.29) is 0 Å². The van der Waals surface area contributed by atoms with Crippen molar-refractivity contribution in [1.82, 2.24) is 15.2 Å². The first-order valence-electron chi connectivity index (χ1n) is 15.0. The van der Waals surface area contributed by atoms with E-state index < -0.39 is 76.3 Å². The fourth-order valence-corrected chi connectivity index (χ4v) is 7.11. The molecule has 3 heterocycles. The Morgan fingerprint density at radius 2 is 0.976 bits per heavy atom. The molecule has 0 aliphatic carbocycles. The Labute approximate surface area is 250 Å². The van der Waals surface area contributed by atoms with Gasteiger partial charge in [-0.15, -0.1) is 0 Å². The maximum Gasteiger partial charge on any atom is 0.321 e. The van der Waals surface area contributed by atoms with Crippen LogP contribution in [0.5, 0.6) is 0 Å². The van der Waals surface area contributed by atoms with Gasteiger partial charge >= 0.3 is 17.9 Å². The number of carbonyl (C=O) groups is 3. The molecule has 42 heavy (non-hydrogen) atoms. The Hall–Kier alpha value is -1.83. The summed E-state index contributed by atoms with van der Waals surface area (Å²) >= 11 is 0. The SMILES string of the molecule is CC1(C)CC(OC(=O)CC(C(=O)OC2CC(C)(C)N(O)C(C)(C)C2)C(=O)OC2CC(C)(C)N(O)C(C)(C)C2)CCN1O. The first-order valence-corrected chi connectivity index (χ1v) is 15.0. The van der Waals surface area contributed by atoms with E-state index in [2.05, 4.69) is 0 Å². The number of rotatable bonds is 7. The van der Waals surface area contributed by atoms with Crippen molar-refractivity contribution in [2.45, 2.75) is 160 Å². The van der Waals surface area contributed by atoms with Gasteiger partial charge in [-0.2, -0.15) is 15.2 Å². The fraction of sp³-hybridized carbons (Fsp3) is 0.900. The zero-order chi connectivity index (χ0) is 32.1. The summed E-state index contributed by atoms with van der Waals surface area (Å²) in [7, 11) is 0. The Kier molecular flexibility index (Phi) is 9.84. The summed E-state index contributed by atoms with van der Waals surface area (Å²) in [6, 6.07) is 0. The van der Waals surface area contributed by atoms with E-state index in [9.17, 15) is 30.0 Å². The molecule has 12 nitrogen and oxygen atoms in total. The molecule has 1 unspecified atom stereocenters. The molecular weight excluding hydrogens is 546 g/mol. The Morgan fingerprint density at radius 3 is 1.33 bits per heavy atom. The van der Waals surface area contributed by atoms with Crippen molar-refractivity contribution in [2.75, 3.05) is 6.54 Å². The number of hydrogen-bond donors (Lipinski definition) is 3. The molecule has 0 amide bonds. The van der Waals surface area contributed by atoms with Crippen LogP contribution in [0.3, 0.4) is 0 Å². The van der Waals surface area contributed by atoms with E-state index in [1.807, 2.05) is 69.2 Å². The largest absolute Gasteiger partial charge is 0.462 e. The van der Waals surface area contributed by atoms with Crippen molar-refractivity contribution in [3.05, 3.63) is 0 Å². The van der Waals surface area contributed by atoms with Crippen molar-refractivity contribution in [2.24, 2.45) is 5.92 Å². The van der Waals surface area contributed by atoms with E-state index in [0.29, 0.717) is 45.1 Å². The van der Waals surface area contributed by atoms with Crippen LogP contribution < -0.4 is 0 Å². The molecule has 3 rings (SSSR count). The lowest BCUT2D eigenvalue weighted by molar-refractivity contribution is -0.261. The molecule has 3 N–H and O–H groups in total. The molecular formula is C30H53N3O9. The highest BCUT2D eigenvalue weighted by Gasteiger charge is 2.49. The fourth-order valence-electron chi connectivity index (χ4n) is 7.11. The Morgan fingerprint density at radius 1 is 0.619 bits per heavy atom. The second-order valence-corrected chi connectivity index (χ2v) is 15.6. The van der Waals surface area contributed by atoms with Gasteiger partial charge in [-0.3, -0.25) is 14.4 Å². The van der Waals surface area contributed by atoms with Crippen LogP contribution in [0.2, 0.25) is 0 Å². The van der Waals surface area contributed by atoms with Crippen LogP contribution in [0, 0.1) is 5.92 Å². The van der Waals surface area contributed by atoms with Crippen LogP contribution in [0.15, 0.2) is 0 Å². The number of piperidine rings is 3. The second kappa shape index (κ2) is 11.9. The molecule has 1 atom stereocenters. The lowest BCUT2D eigenvalue weighted by atomic mass is 9.80. The van der Waals surface area contributed by atoms with E-state index in [1.54, 1.807) is 0 Å². The minimum absolute atomic E-state index is 0.322. The molecule has 0 aromatic rings. The number of esters is 3. The van der Waals surface area contributed by atoms with E-state index in [0.717, 1.165) is 0 Å². The van der Waals surface area contributed by atoms with Gasteiger partial charge in [-0.05, 0) is 75.7 Å². The molecule has 3 saturated heterocycles. The van der Waals surface area contributed by atoms with Crippen LogP contribution >= 0.6 is 0 Å². The molecule has 0 saturated carbocycles. The lowest BCUT2D eigenvalue weighted by Crippen LogP contribution is -2.61. The second-order valence-electron chi connectivity index (χ2n) is 15.6. The van der Waals surface area contributed by atoms with Gasteiger partial charge < -0.3 is 29.8 Å². The van der Waals surface area contributed by atoms with Crippen LogP contribution in [-0.2, 0) is 28.6 Å². The van der Waals surface area contributed by atoms with Crippen molar-refractivity contribution in [1.29, 1.82) is 0 Å². The predicted octanol–water partition coefficient (Wildman–Crippen LogP) is 4.08. The summed E-state index contributed by atoms with van der Waals surface area (Å²) in [5, 5.41) is 35.1. The monoisotopic (exact) mass is 599 g/mol. The van der Waals surface area contributed by atoms with Gasteiger partial charge in [0.15, 0.2) is 5.92 Å². The summed E-state index contributed by atoms with van der Waals surface area (Å²) in [5.74, 6) is -4.01. The smallest absolute Gasteiger partial charge is 0.321 e. The lowest BCUT2D eigenvalue weighted by Gasteiger charge is -2.51. The molecule has 12 heteroatoms. The van der Waals surface area contributed by atoms with Gasteiger partial charge in [-0.1, -0.05) is 0 Å². The number of carbonyl (C=O) groups excluding carboxylic acids is 3. The highest BCUT2D eigenvalue weighted by molar-refractivity contribution is 5.98. The molecule has 3 fully saturated rings. The van der Waals surface area contributed by atoms with Crippen molar-refractivity contribution < 1.29 is 44.2 Å². The molecule has 0 radical (unpaired) electrons. The average Bonchev–Trinajstić information content (AvgIpc) is 2.80. The third-order valence-corrected chi connectivity index (χ3v) is 9.09. The summed E-state index contributed by atoms with van der Waals surface area (Å²) < 4.78 is 17.4. The van der Waals surface area contributed by atoms with Gasteiger partial charge in [0.25, 0.3) is 0 Å². The molecule has 0 bridgehead atoms. The van der Waals surface area contributed by atoms with Gasteiger partial charge in [0.2, 0.25) is 0 Å². The first-order chi connectivity index (χ1) is 19.0. The first kappa shape index (κ1) is 34.7. The summed E-state index contributed by atoms with van der Waals surface area (Å²) in [5.41, 5.74) is -3.35. The van der Waals surface area contributed by atoms with E-state index in [4.69, 9.17) is 14.2 Å². The standard InChI is InChI=1S/C30H53N3O9/c1-26(2)14-19(11-12-31(26)37)40-23(34)13-22(24(35)41-20-15-27(3,4)32(38)28(5,6)16-20)25(36)42-21-17-29(7,8)33(39)30(9,10)18-21/h19-22,37-39H,11-18H2,1-10H3. The van der Waals surface area contributed by atoms with E-state index >= 15 is 0 Å². The minimum atomic E-state index is -1.54. The van der Waals surface area contributed by atoms with Gasteiger partial charge in [0, 0.05) is 66.3 Å². The van der Waals surface area contributed by atoms with Crippen LogP contribution in [0.1, 0.15) is 114 Å². The predicted molar refractivity (Wildman–Crippen MR) is 152 cm³/mol. The van der Waals surface area contributed by atoms with Crippen LogP contribution in [-0.4, -0.2) is 101 Å². The summed E-state index contributed by atoms with van der Waals surface area (Å²) in [6.45, 7) is 18.7. The zero-order valence-electron chi connectivity index (χ0n) is 27.1. The molecule has 0 spiro atoms. The number of hydroxylamine groups is 6. The zero-order valence-corrected chi connectivity index (χ0v) is 27.1. The third-order valence-electron chi connectivity index (χ3n) is 9.09. The summed E-state index contributed by atoms with van der Waals surface area (Å²) in [4.78, 5) is 40.3. The Bertz CT molecular complexity index is 933. The third kappa shape index (κ3) is 7.81. The topological polar surface area (TPSA) is 149 Å². The highest BCUT2D eigenvalue weighted by Crippen LogP contribution is 2.40. The van der Waals surface area contributed by atoms with Gasteiger partial charge in [-0.25, -0.2) is 0 Å². The van der Waals surface area contributed by atoms with Crippen LogP contribution in [0.4, 0.5) is 0 Å². The molecule has 3 aliphatic heterocycles. The molecule has 0 aromatic heterocycles. The summed E-state index contributed by atoms with van der Waals surface area (Å²) in [6.07, 6.45) is -0.0855. The van der Waals surface area contributed by atoms with Crippen molar-refractivity contribution >= 4 is 17.9 Å². The molecule has 3 aliphatic rings. The molecule has 0 aromatic carbocycles. The Balaban J connectivity index is 1.78. The van der Waals surface area contributed by atoms with Crippen molar-refractivity contribution in [3.8, 4) is 0 Å².